The van der Waals surface area contributed by atoms with Gasteiger partial charge in [0.15, 0.2) is 0 Å². The topological polar surface area (TPSA) is 72.8 Å². The van der Waals surface area contributed by atoms with Gasteiger partial charge in [0.05, 0.1) is 0 Å². The van der Waals surface area contributed by atoms with E-state index in [1.54, 1.807) is 32.9 Å². The maximum Gasteiger partial charge on any atom is 0.336 e. The average Bonchev–Trinajstić information content (AvgIpc) is 2.78. The minimum atomic E-state index is -1.70. The summed E-state index contributed by atoms with van der Waals surface area (Å²) in [5.74, 6) is -2.19. The zero-order chi connectivity index (χ0) is 18.6. The fourth-order valence-electron chi connectivity index (χ4n) is 4.15. The molecular weight excluding hydrogens is 320 g/mol. The molecule has 4 atom stereocenters. The third-order valence-corrected chi connectivity index (χ3v) is 6.29. The summed E-state index contributed by atoms with van der Waals surface area (Å²) in [6.07, 6.45) is 5.07. The first-order valence-electron chi connectivity index (χ1n) is 8.85. The van der Waals surface area contributed by atoms with Crippen molar-refractivity contribution in [3.05, 3.63) is 34.4 Å². The van der Waals surface area contributed by atoms with Crippen molar-refractivity contribution >= 4 is 11.9 Å². The summed E-state index contributed by atoms with van der Waals surface area (Å²) >= 11 is 0. The number of esters is 2. The molecule has 3 aliphatic rings. The molecule has 0 aromatic rings. The minimum Gasteiger partial charge on any atom is -0.454 e. The van der Waals surface area contributed by atoms with Gasteiger partial charge in [0.1, 0.15) is 6.10 Å². The minimum absolute atomic E-state index is 0.274. The van der Waals surface area contributed by atoms with Gasteiger partial charge in [-0.15, -0.1) is 0 Å². The normalized spacial score (nSPS) is 37.9. The second kappa shape index (κ2) is 5.84. The van der Waals surface area contributed by atoms with Crippen molar-refractivity contribution in [3.8, 4) is 0 Å². The predicted molar refractivity (Wildman–Crippen MR) is 92.3 cm³/mol. The second-order valence-electron chi connectivity index (χ2n) is 7.73. The van der Waals surface area contributed by atoms with Crippen LogP contribution in [0.4, 0.5) is 0 Å². The van der Waals surface area contributed by atoms with Crippen LogP contribution >= 0.6 is 0 Å². The van der Waals surface area contributed by atoms with Gasteiger partial charge in [-0.25, -0.2) is 9.59 Å². The standard InChI is InChI=1S/C20H26O5/c1-6-11(2)17(21)24-16-8-7-12(3)19(5)9-14-13(4)18(22)25-20(14,23)10-15(16)19/h6,10,12,16,23H,7-9H2,1-5H3. The molecule has 0 spiro atoms. The van der Waals surface area contributed by atoms with E-state index in [1.807, 2.05) is 0 Å². The maximum absolute atomic E-state index is 12.2. The Bertz CT molecular complexity index is 728. The monoisotopic (exact) mass is 346 g/mol. The van der Waals surface area contributed by atoms with Crippen LogP contribution in [0.25, 0.3) is 0 Å². The van der Waals surface area contributed by atoms with Crippen molar-refractivity contribution in [3.63, 3.8) is 0 Å². The van der Waals surface area contributed by atoms with Crippen LogP contribution in [0.5, 0.6) is 0 Å². The zero-order valence-corrected chi connectivity index (χ0v) is 15.5. The predicted octanol–water partition coefficient (Wildman–Crippen LogP) is 3.19. The van der Waals surface area contributed by atoms with Crippen LogP contribution in [-0.4, -0.2) is 28.9 Å². The number of hydrogen-bond acceptors (Lipinski definition) is 5. The van der Waals surface area contributed by atoms with Crippen LogP contribution in [0.2, 0.25) is 0 Å². The van der Waals surface area contributed by atoms with Gasteiger partial charge in [-0.1, -0.05) is 19.9 Å². The molecule has 3 rings (SSSR count). The van der Waals surface area contributed by atoms with Crippen molar-refractivity contribution in [2.45, 2.75) is 65.8 Å². The molecule has 1 aliphatic heterocycles. The number of aliphatic hydroxyl groups is 1. The number of carbonyl (C=O) groups excluding carboxylic acids is 2. The summed E-state index contributed by atoms with van der Waals surface area (Å²) in [5, 5.41) is 10.9. The summed E-state index contributed by atoms with van der Waals surface area (Å²) in [5.41, 5.74) is 2.25. The maximum atomic E-state index is 12.2. The van der Waals surface area contributed by atoms with Crippen LogP contribution < -0.4 is 0 Å². The van der Waals surface area contributed by atoms with E-state index in [0.29, 0.717) is 35.5 Å². The molecule has 0 bridgehead atoms. The lowest BCUT2D eigenvalue weighted by molar-refractivity contribution is -0.171. The summed E-state index contributed by atoms with van der Waals surface area (Å²) in [4.78, 5) is 24.2. The molecule has 5 nitrogen and oxygen atoms in total. The van der Waals surface area contributed by atoms with Crippen molar-refractivity contribution < 1.29 is 24.2 Å². The van der Waals surface area contributed by atoms with Crippen LogP contribution in [0.15, 0.2) is 34.4 Å². The molecule has 25 heavy (non-hydrogen) atoms. The summed E-state index contributed by atoms with van der Waals surface area (Å²) in [6, 6.07) is 0. The van der Waals surface area contributed by atoms with Crippen molar-refractivity contribution in [1.82, 2.24) is 0 Å². The van der Waals surface area contributed by atoms with Gasteiger partial charge >= 0.3 is 11.9 Å². The molecule has 0 aromatic carbocycles. The third-order valence-electron chi connectivity index (χ3n) is 6.29. The first-order valence-corrected chi connectivity index (χ1v) is 8.85. The van der Waals surface area contributed by atoms with Gasteiger partial charge in [-0.3, -0.25) is 0 Å². The Morgan fingerprint density at radius 3 is 2.76 bits per heavy atom. The quantitative estimate of drug-likeness (QED) is 0.472. The molecule has 1 N–H and O–H groups in total. The number of allylic oxidation sites excluding steroid dienone is 1. The second-order valence-corrected chi connectivity index (χ2v) is 7.73. The van der Waals surface area contributed by atoms with Gasteiger partial charge in [0, 0.05) is 16.7 Å². The van der Waals surface area contributed by atoms with Crippen LogP contribution in [0.1, 0.15) is 53.9 Å². The molecular formula is C20H26O5. The molecule has 1 fully saturated rings. The van der Waals surface area contributed by atoms with Crippen molar-refractivity contribution in [1.29, 1.82) is 0 Å². The fourth-order valence-corrected chi connectivity index (χ4v) is 4.15. The molecule has 1 heterocycles. The molecule has 2 aliphatic carbocycles. The first kappa shape index (κ1) is 17.9. The van der Waals surface area contributed by atoms with Crippen LogP contribution in [-0.2, 0) is 19.1 Å². The van der Waals surface area contributed by atoms with E-state index in [0.717, 1.165) is 12.0 Å². The van der Waals surface area contributed by atoms with Gasteiger partial charge < -0.3 is 14.6 Å². The van der Waals surface area contributed by atoms with E-state index >= 15 is 0 Å². The van der Waals surface area contributed by atoms with E-state index in [9.17, 15) is 14.7 Å². The number of hydrogen-bond donors (Lipinski definition) is 1. The number of carbonyl (C=O) groups is 2. The highest BCUT2D eigenvalue weighted by Crippen LogP contribution is 2.56. The largest absolute Gasteiger partial charge is 0.454 e. The lowest BCUT2D eigenvalue weighted by Crippen LogP contribution is -2.47. The average molecular weight is 346 g/mol. The van der Waals surface area contributed by atoms with E-state index in [1.165, 1.54) is 0 Å². The van der Waals surface area contributed by atoms with Gasteiger partial charge in [0.25, 0.3) is 5.79 Å². The Morgan fingerprint density at radius 2 is 2.12 bits per heavy atom. The van der Waals surface area contributed by atoms with Gasteiger partial charge in [0.2, 0.25) is 0 Å². The van der Waals surface area contributed by atoms with Crippen LogP contribution in [0, 0.1) is 11.3 Å². The first-order chi connectivity index (χ1) is 11.6. The zero-order valence-electron chi connectivity index (χ0n) is 15.5. The SMILES string of the molecule is CC=C(C)C(=O)OC1CCC(C)C2(C)CC3=C(C)C(=O)OC3(O)C=C12. The van der Waals surface area contributed by atoms with E-state index in [-0.39, 0.29) is 11.4 Å². The van der Waals surface area contributed by atoms with E-state index in [2.05, 4.69) is 13.8 Å². The third kappa shape index (κ3) is 2.65. The fraction of sp³-hybridized carbons (Fsp3) is 0.600. The molecule has 136 valence electrons. The Labute approximate surface area is 148 Å². The lowest BCUT2D eigenvalue weighted by Gasteiger charge is -2.49. The van der Waals surface area contributed by atoms with Crippen molar-refractivity contribution in [2.24, 2.45) is 11.3 Å². The number of fused-ring (bicyclic) bond motifs is 2. The highest BCUT2D eigenvalue weighted by molar-refractivity contribution is 5.93. The number of ether oxygens (including phenoxy) is 2. The molecule has 4 unspecified atom stereocenters. The molecule has 0 aromatic heterocycles. The Kier molecular flexibility index (Phi) is 4.18. The summed E-state index contributed by atoms with van der Waals surface area (Å²) < 4.78 is 11.0. The highest BCUT2D eigenvalue weighted by atomic mass is 16.7. The van der Waals surface area contributed by atoms with Crippen molar-refractivity contribution in [2.75, 3.05) is 0 Å². The number of rotatable bonds is 2. The van der Waals surface area contributed by atoms with Crippen LogP contribution in [0.3, 0.4) is 0 Å². The van der Waals surface area contributed by atoms with E-state index < -0.39 is 17.9 Å². The molecule has 0 radical (unpaired) electrons. The summed E-state index contributed by atoms with van der Waals surface area (Å²) in [7, 11) is 0. The smallest absolute Gasteiger partial charge is 0.336 e. The Hall–Kier alpha value is -1.88. The van der Waals surface area contributed by atoms with Gasteiger partial charge in [-0.05, 0) is 63.0 Å². The Morgan fingerprint density at radius 1 is 1.44 bits per heavy atom. The molecule has 5 heteroatoms. The lowest BCUT2D eigenvalue weighted by atomic mass is 9.57. The summed E-state index contributed by atoms with van der Waals surface area (Å²) in [6.45, 7) is 9.50. The molecule has 1 saturated carbocycles. The molecule has 0 amide bonds. The molecule has 0 saturated heterocycles. The van der Waals surface area contributed by atoms with Gasteiger partial charge in [-0.2, -0.15) is 0 Å². The highest BCUT2D eigenvalue weighted by Gasteiger charge is 2.55. The van der Waals surface area contributed by atoms with E-state index in [4.69, 9.17) is 9.47 Å². The Balaban J connectivity index is 2.03.